The van der Waals surface area contributed by atoms with E-state index in [4.69, 9.17) is 67.3 Å². The van der Waals surface area contributed by atoms with Crippen LogP contribution in [0.2, 0.25) is 0 Å². The van der Waals surface area contributed by atoms with Crippen LogP contribution in [0.1, 0.15) is 85.3 Å². The van der Waals surface area contributed by atoms with E-state index in [-0.39, 0.29) is 36.0 Å². The third-order valence-electron chi connectivity index (χ3n) is 10.0. The smallest absolute Gasteiger partial charge is 0.397 e. The number of hydrogen-bond donors (Lipinski definition) is 5. The molecule has 1 aromatic heterocycles. The quantitative estimate of drug-likeness (QED) is 0.0302. The van der Waals surface area contributed by atoms with Gasteiger partial charge in [-0.25, -0.2) is 23.2 Å². The number of hydrogen-bond acceptors (Lipinski definition) is 19. The molecule has 2 aromatic rings. The lowest BCUT2D eigenvalue weighted by atomic mass is 9.96. The Morgan fingerprint density at radius 3 is 1.72 bits per heavy atom. The normalized spacial score (nSPS) is 29.8. The minimum absolute atomic E-state index is 0.0345. The third kappa shape index (κ3) is 16.0. The van der Waals surface area contributed by atoms with Crippen LogP contribution in [0, 0.1) is 10.1 Å². The molecule has 1 aromatic carbocycles. The van der Waals surface area contributed by atoms with Gasteiger partial charge in [-0.3, -0.25) is 50.9 Å². The molecule has 6 N–H and O–H groups in total. The predicted octanol–water partition coefficient (Wildman–Crippen LogP) is 5.04. The fraction of sp³-hybridized carbons (Fsp3) is 0.788. The molecule has 13 atom stereocenters. The van der Waals surface area contributed by atoms with E-state index in [9.17, 15) is 47.9 Å². The lowest BCUT2D eigenvalue weighted by Gasteiger charge is -2.26. The number of nitro benzene ring substituents is 1. The topological polar surface area (TPSA) is 338 Å². The van der Waals surface area contributed by atoms with Crippen molar-refractivity contribution in [1.29, 1.82) is 0 Å². The van der Waals surface area contributed by atoms with Crippen LogP contribution in [0.5, 0.6) is 0 Å². The van der Waals surface area contributed by atoms with Gasteiger partial charge in [0.15, 0.2) is 5.52 Å². The van der Waals surface area contributed by atoms with Gasteiger partial charge in [0.1, 0.15) is 51.9 Å². The van der Waals surface area contributed by atoms with Gasteiger partial charge < -0.3 is 39.5 Å². The van der Waals surface area contributed by atoms with E-state index in [1.54, 1.807) is 13.8 Å². The summed E-state index contributed by atoms with van der Waals surface area (Å²) < 4.78 is 110. The molecule has 31 heteroatoms. The Kier molecular flexibility index (Phi) is 20.7. The number of phosphoric ester groups is 4. The van der Waals surface area contributed by atoms with Crippen LogP contribution in [-0.2, 0) is 68.7 Å². The first kappa shape index (κ1) is 54.9. The van der Waals surface area contributed by atoms with E-state index < -0.39 is 123 Å². The monoisotopic (exact) mass is 990 g/mol. The van der Waals surface area contributed by atoms with E-state index in [1.807, 2.05) is 0 Å². The number of non-ortho nitro benzene ring substituents is 1. The van der Waals surface area contributed by atoms with Crippen molar-refractivity contribution in [3.8, 4) is 0 Å². The van der Waals surface area contributed by atoms with Crippen LogP contribution in [-0.4, -0.2) is 131 Å². The van der Waals surface area contributed by atoms with Gasteiger partial charge in [-0.1, -0.05) is 47.0 Å². The van der Waals surface area contributed by atoms with Gasteiger partial charge in [0, 0.05) is 31.6 Å². The lowest BCUT2D eigenvalue weighted by Crippen LogP contribution is -2.31. The van der Waals surface area contributed by atoms with E-state index >= 15 is 0 Å². The Morgan fingerprint density at radius 1 is 0.797 bits per heavy atom. The summed E-state index contributed by atoms with van der Waals surface area (Å²) in [6.07, 6.45) is -4.45. The highest BCUT2D eigenvalue weighted by Crippen LogP contribution is 2.53. The van der Waals surface area contributed by atoms with Crippen molar-refractivity contribution in [2.24, 2.45) is 0 Å². The molecule has 3 fully saturated rings. The number of unbranched alkanes of at least 4 members (excludes halogenated alkanes) is 2. The number of nitrogen functional groups attached to an aromatic ring is 1. The first-order chi connectivity index (χ1) is 30.0. The van der Waals surface area contributed by atoms with Gasteiger partial charge in [-0.05, 0) is 31.7 Å². The van der Waals surface area contributed by atoms with Crippen LogP contribution in [0.25, 0.3) is 11.0 Å². The Bertz CT molecular complexity index is 2040. The highest BCUT2D eigenvalue weighted by atomic mass is 31.2. The number of aromatic nitrogens is 2. The molecule has 360 valence electrons. The van der Waals surface area contributed by atoms with Crippen LogP contribution in [0.4, 0.5) is 11.4 Å². The van der Waals surface area contributed by atoms with E-state index in [1.165, 1.54) is 36.2 Å². The molecule has 25 nitrogen and oxygen atoms in total. The van der Waals surface area contributed by atoms with E-state index in [0.29, 0.717) is 12.8 Å². The van der Waals surface area contributed by atoms with Gasteiger partial charge in [0.25, 0.3) is 5.69 Å². The fourth-order valence-corrected chi connectivity index (χ4v) is 10.4. The van der Waals surface area contributed by atoms with Crippen molar-refractivity contribution in [3.63, 3.8) is 0 Å². The predicted molar refractivity (Wildman–Crippen MR) is 227 cm³/mol. The Morgan fingerprint density at radius 2 is 1.27 bits per heavy atom. The molecule has 3 saturated heterocycles. The Labute approximate surface area is 372 Å². The molecular formula is C33H56B2N4O21P4. The van der Waals surface area contributed by atoms with Crippen molar-refractivity contribution in [3.05, 3.63) is 28.6 Å². The molecule has 3 aliphatic rings. The molecule has 0 bridgehead atoms. The first-order valence-electron chi connectivity index (χ1n) is 20.4. The van der Waals surface area contributed by atoms with Gasteiger partial charge >= 0.3 is 31.3 Å². The SMILES string of the molecule is CCCCC.[B]C1CC(OP(=O)(O)OCC2OC(n3cnc4c(N)ccc([N+](=O)[O-])c43)CC2OP(=O)(O)OCC2OC([B])CC2OP(=O)(O)OC(CC)CC)C(COP(=O)(O)OC)O1. The van der Waals surface area contributed by atoms with Crippen LogP contribution < -0.4 is 5.73 Å². The second-order valence-corrected chi connectivity index (χ2v) is 20.5. The highest BCUT2D eigenvalue weighted by molar-refractivity contribution is 7.48. The first-order valence-corrected chi connectivity index (χ1v) is 26.3. The highest BCUT2D eigenvalue weighted by Gasteiger charge is 2.47. The zero-order valence-corrected chi connectivity index (χ0v) is 39.5. The maximum Gasteiger partial charge on any atom is 0.472 e. The molecule has 5 rings (SSSR count). The number of nitro groups is 1. The maximum absolute atomic E-state index is 13.4. The number of ether oxygens (including phenoxy) is 3. The summed E-state index contributed by atoms with van der Waals surface area (Å²) in [4.78, 5) is 56.9. The van der Waals surface area contributed by atoms with Crippen molar-refractivity contribution in [1.82, 2.24) is 9.55 Å². The molecule has 0 saturated carbocycles. The summed E-state index contributed by atoms with van der Waals surface area (Å²) in [5.41, 5.74) is 5.63. The van der Waals surface area contributed by atoms with Gasteiger partial charge in [-0.2, -0.15) is 0 Å². The average molecular weight is 990 g/mol. The minimum Gasteiger partial charge on any atom is -0.397 e. The van der Waals surface area contributed by atoms with Crippen molar-refractivity contribution in [2.75, 3.05) is 32.7 Å². The standard InChI is InChI=1S/C28H44B2N4O21P4.C5H12/c1-4-15(5-2)52-59(43,44)55-19-9-25(30)50-22(19)12-47-58(41,42)54-20-10-26(33-14-32-27-16(31)6-7-17(28(27)33)34(35)36)51-23(20)13-48-57(39,40)53-18-8-24(29)49-21(18)11-46-56(37,38)45-3;1-3-5-4-2/h6-7,14-15,18-26H,4-5,8-13,31H2,1-3H3,(H,37,38)(H,39,40)(H,41,42)(H,43,44);3-5H2,1-2H3. The third-order valence-corrected chi connectivity index (χ3v) is 14.1. The number of imidazole rings is 1. The molecule has 64 heavy (non-hydrogen) atoms. The van der Waals surface area contributed by atoms with Crippen LogP contribution in [0.3, 0.4) is 0 Å². The van der Waals surface area contributed by atoms with Crippen LogP contribution in [0.15, 0.2) is 18.5 Å². The summed E-state index contributed by atoms with van der Waals surface area (Å²) in [6.45, 7) is 5.66. The Hall–Kier alpha value is -1.66. The number of phosphoric acid groups is 4. The number of nitrogens with zero attached hydrogens (tertiary/aromatic N) is 3. The maximum atomic E-state index is 13.4. The molecule has 0 spiro atoms. The average Bonchev–Trinajstić information content (AvgIpc) is 4.00. The number of nitrogens with two attached hydrogens (primary N) is 1. The largest absolute Gasteiger partial charge is 0.472 e. The number of fused-ring (bicyclic) bond motifs is 1. The second kappa shape index (κ2) is 24.1. The summed E-state index contributed by atoms with van der Waals surface area (Å²) >= 11 is 0. The summed E-state index contributed by atoms with van der Waals surface area (Å²) in [7, 11) is -6.81. The molecular weight excluding hydrogens is 934 g/mol. The van der Waals surface area contributed by atoms with E-state index in [2.05, 4.69) is 23.4 Å². The van der Waals surface area contributed by atoms with Crippen molar-refractivity contribution >= 4 is 69.4 Å². The van der Waals surface area contributed by atoms with Crippen molar-refractivity contribution < 1.29 is 93.2 Å². The number of rotatable bonds is 24. The lowest BCUT2D eigenvalue weighted by molar-refractivity contribution is -0.383. The van der Waals surface area contributed by atoms with Gasteiger partial charge in [0.2, 0.25) is 0 Å². The van der Waals surface area contributed by atoms with Crippen molar-refractivity contribution in [2.45, 2.75) is 140 Å². The second-order valence-electron chi connectivity index (χ2n) is 14.8. The minimum atomic E-state index is -5.16. The molecule has 0 aliphatic carbocycles. The number of anilines is 1. The molecule has 3 aliphatic heterocycles. The van der Waals surface area contributed by atoms with Crippen LogP contribution >= 0.6 is 31.3 Å². The molecule has 13 unspecified atom stereocenters. The number of benzene rings is 1. The zero-order valence-electron chi connectivity index (χ0n) is 35.9. The molecule has 0 amide bonds. The van der Waals surface area contributed by atoms with E-state index in [0.717, 1.165) is 13.2 Å². The summed E-state index contributed by atoms with van der Waals surface area (Å²) in [5.74, 6) is 0. The molecule has 4 radical (unpaired) electrons. The Balaban J connectivity index is 0.00000170. The summed E-state index contributed by atoms with van der Waals surface area (Å²) in [5, 5.41) is 11.9. The van der Waals surface area contributed by atoms with Gasteiger partial charge in [-0.15, -0.1) is 0 Å². The molecule has 4 heterocycles. The fourth-order valence-electron chi connectivity index (χ4n) is 6.80. The van der Waals surface area contributed by atoms with Gasteiger partial charge in [0.05, 0.1) is 55.1 Å². The zero-order chi connectivity index (χ0) is 47.6. The summed E-state index contributed by atoms with van der Waals surface area (Å²) in [6, 6.07) is 0.378.